The molecule has 1 aromatic rings. The lowest BCUT2D eigenvalue weighted by atomic mass is 9.86. The highest BCUT2D eigenvalue weighted by Crippen LogP contribution is 2.40. The van der Waals surface area contributed by atoms with Crippen molar-refractivity contribution in [1.82, 2.24) is 0 Å². The van der Waals surface area contributed by atoms with E-state index in [1.54, 1.807) is 11.3 Å². The molecule has 0 aliphatic heterocycles. The van der Waals surface area contributed by atoms with Crippen molar-refractivity contribution < 1.29 is 0 Å². The first-order valence-electron chi connectivity index (χ1n) is 6.06. The van der Waals surface area contributed by atoms with Crippen molar-refractivity contribution in [2.75, 3.05) is 0 Å². The van der Waals surface area contributed by atoms with Crippen LogP contribution in [0.1, 0.15) is 54.3 Å². The summed E-state index contributed by atoms with van der Waals surface area (Å²) in [7, 11) is 0. The Balaban J connectivity index is 1.93. The molecule has 1 aliphatic rings. The van der Waals surface area contributed by atoms with Gasteiger partial charge in [-0.1, -0.05) is 43.7 Å². The van der Waals surface area contributed by atoms with Crippen LogP contribution in [0.4, 0.5) is 0 Å². The molecule has 0 radical (unpaired) electrons. The summed E-state index contributed by atoms with van der Waals surface area (Å²) in [6.07, 6.45) is 8.03. The molecule has 0 bridgehead atoms. The molecule has 2 rings (SSSR count). The van der Waals surface area contributed by atoms with E-state index in [9.17, 15) is 0 Å². The minimum Gasteiger partial charge on any atom is -0.127 e. The highest BCUT2D eigenvalue weighted by atomic mass is 35.5. The zero-order chi connectivity index (χ0) is 11.5. The van der Waals surface area contributed by atoms with Crippen LogP contribution in [0.25, 0.3) is 0 Å². The third kappa shape index (κ3) is 3.15. The number of rotatable bonds is 3. The highest BCUT2D eigenvalue weighted by Gasteiger charge is 2.20. The zero-order valence-corrected chi connectivity index (χ0v) is 12.0. The van der Waals surface area contributed by atoms with Crippen molar-refractivity contribution in [2.24, 2.45) is 5.92 Å². The molecule has 0 aromatic carbocycles. The average Bonchev–Trinajstić information content (AvgIpc) is 2.61. The number of halogens is 2. The molecule has 3 heteroatoms. The second-order valence-corrected chi connectivity index (χ2v) is 7.03. The largest absolute Gasteiger partial charge is 0.127 e. The fourth-order valence-corrected chi connectivity index (χ4v) is 4.13. The van der Waals surface area contributed by atoms with Gasteiger partial charge in [-0.15, -0.1) is 22.9 Å². The minimum absolute atomic E-state index is 0.166. The fourth-order valence-electron chi connectivity index (χ4n) is 2.47. The summed E-state index contributed by atoms with van der Waals surface area (Å²) in [5.74, 6) is 0.831. The molecule has 1 atom stereocenters. The minimum atomic E-state index is 0.166. The molecule has 0 amide bonds. The second kappa shape index (κ2) is 5.75. The maximum atomic E-state index is 6.48. The Labute approximate surface area is 112 Å². The molecule has 1 aliphatic carbocycles. The average molecular weight is 277 g/mol. The van der Waals surface area contributed by atoms with E-state index in [1.165, 1.54) is 37.0 Å². The van der Waals surface area contributed by atoms with Gasteiger partial charge in [0.1, 0.15) is 0 Å². The van der Waals surface area contributed by atoms with E-state index in [1.807, 2.05) is 6.92 Å². The number of alkyl halides is 1. The van der Waals surface area contributed by atoms with E-state index in [0.29, 0.717) is 0 Å². The molecule has 0 spiro atoms. The SMILES string of the molecule is Cc1cc(C(Cl)CC2CCCCC2)sc1Cl. The number of aryl methyl sites for hydroxylation is 1. The van der Waals surface area contributed by atoms with E-state index < -0.39 is 0 Å². The van der Waals surface area contributed by atoms with E-state index in [2.05, 4.69) is 6.07 Å². The van der Waals surface area contributed by atoms with Crippen molar-refractivity contribution in [3.05, 3.63) is 20.8 Å². The van der Waals surface area contributed by atoms with Gasteiger partial charge in [-0.05, 0) is 30.9 Å². The van der Waals surface area contributed by atoms with Crippen LogP contribution in [0, 0.1) is 12.8 Å². The number of hydrogen-bond acceptors (Lipinski definition) is 1. The summed E-state index contributed by atoms with van der Waals surface area (Å²) in [4.78, 5) is 1.25. The number of hydrogen-bond donors (Lipinski definition) is 0. The summed E-state index contributed by atoms with van der Waals surface area (Å²) in [6, 6.07) is 2.15. The van der Waals surface area contributed by atoms with Crippen LogP contribution >= 0.6 is 34.5 Å². The van der Waals surface area contributed by atoms with Crippen molar-refractivity contribution in [2.45, 2.75) is 50.8 Å². The van der Waals surface area contributed by atoms with Gasteiger partial charge in [-0.2, -0.15) is 0 Å². The van der Waals surface area contributed by atoms with Crippen molar-refractivity contribution >= 4 is 34.5 Å². The van der Waals surface area contributed by atoms with E-state index in [4.69, 9.17) is 23.2 Å². The van der Waals surface area contributed by atoms with Gasteiger partial charge >= 0.3 is 0 Å². The summed E-state index contributed by atoms with van der Waals surface area (Å²) in [5.41, 5.74) is 1.16. The predicted molar refractivity (Wildman–Crippen MR) is 73.9 cm³/mol. The van der Waals surface area contributed by atoms with Crippen LogP contribution in [-0.2, 0) is 0 Å². The molecule has 1 unspecified atom stereocenters. The maximum absolute atomic E-state index is 6.48. The lowest BCUT2D eigenvalue weighted by Crippen LogP contribution is -2.08. The van der Waals surface area contributed by atoms with Crippen LogP contribution in [0.2, 0.25) is 4.34 Å². The lowest BCUT2D eigenvalue weighted by molar-refractivity contribution is 0.337. The first-order chi connectivity index (χ1) is 7.66. The molecule has 1 heterocycles. The Bertz CT molecular complexity index is 320. The van der Waals surface area contributed by atoms with Gasteiger partial charge in [0.25, 0.3) is 0 Å². The topological polar surface area (TPSA) is 0 Å². The van der Waals surface area contributed by atoms with Crippen LogP contribution in [0.15, 0.2) is 6.07 Å². The van der Waals surface area contributed by atoms with Gasteiger partial charge in [0.2, 0.25) is 0 Å². The molecule has 1 aromatic heterocycles. The van der Waals surface area contributed by atoms with Crippen molar-refractivity contribution in [1.29, 1.82) is 0 Å². The van der Waals surface area contributed by atoms with Gasteiger partial charge in [0, 0.05) is 4.88 Å². The van der Waals surface area contributed by atoms with Crippen LogP contribution < -0.4 is 0 Å². The Morgan fingerprint density at radius 3 is 2.62 bits per heavy atom. The van der Waals surface area contributed by atoms with Gasteiger partial charge in [-0.25, -0.2) is 0 Å². The smallest absolute Gasteiger partial charge is 0.0960 e. The van der Waals surface area contributed by atoms with Gasteiger partial charge < -0.3 is 0 Å². The van der Waals surface area contributed by atoms with Crippen molar-refractivity contribution in [3.8, 4) is 0 Å². The second-order valence-electron chi connectivity index (χ2n) is 4.81. The Morgan fingerprint density at radius 2 is 2.06 bits per heavy atom. The van der Waals surface area contributed by atoms with Gasteiger partial charge in [0.15, 0.2) is 0 Å². The molecule has 0 nitrogen and oxygen atoms in total. The molecule has 1 saturated carbocycles. The fraction of sp³-hybridized carbons (Fsp3) is 0.692. The molecule has 90 valence electrons. The summed E-state index contributed by atoms with van der Waals surface area (Å²) in [6.45, 7) is 2.05. The molecule has 0 N–H and O–H groups in total. The maximum Gasteiger partial charge on any atom is 0.0960 e. The highest BCUT2D eigenvalue weighted by molar-refractivity contribution is 7.16. The molecule has 16 heavy (non-hydrogen) atoms. The Morgan fingerprint density at radius 1 is 1.38 bits per heavy atom. The van der Waals surface area contributed by atoms with Gasteiger partial charge in [0.05, 0.1) is 9.71 Å². The normalized spacial score (nSPS) is 19.9. The van der Waals surface area contributed by atoms with E-state index in [-0.39, 0.29) is 5.38 Å². The molecular weight excluding hydrogens is 259 g/mol. The summed E-state index contributed by atoms with van der Waals surface area (Å²) >= 11 is 14.2. The third-order valence-electron chi connectivity index (χ3n) is 3.45. The van der Waals surface area contributed by atoms with Crippen LogP contribution in [-0.4, -0.2) is 0 Å². The first kappa shape index (κ1) is 12.7. The van der Waals surface area contributed by atoms with Crippen LogP contribution in [0.5, 0.6) is 0 Å². The number of thiophene rings is 1. The lowest BCUT2D eigenvalue weighted by Gasteiger charge is -2.23. The molecule has 1 fully saturated rings. The van der Waals surface area contributed by atoms with Crippen LogP contribution in [0.3, 0.4) is 0 Å². The molecule has 0 saturated heterocycles. The quantitative estimate of drug-likeness (QED) is 0.598. The van der Waals surface area contributed by atoms with E-state index in [0.717, 1.165) is 22.2 Å². The zero-order valence-electron chi connectivity index (χ0n) is 9.64. The van der Waals surface area contributed by atoms with E-state index >= 15 is 0 Å². The monoisotopic (exact) mass is 276 g/mol. The van der Waals surface area contributed by atoms with Crippen molar-refractivity contribution in [3.63, 3.8) is 0 Å². The standard InChI is InChI=1S/C13H18Cl2S/c1-9-7-12(16-13(9)15)11(14)8-10-5-3-2-4-6-10/h7,10-11H,2-6,8H2,1H3. The van der Waals surface area contributed by atoms with Gasteiger partial charge in [-0.3, -0.25) is 0 Å². The summed E-state index contributed by atoms with van der Waals surface area (Å²) in [5, 5.41) is 0.166. The molecular formula is C13H18Cl2S. The Kier molecular flexibility index (Phi) is 4.57. The Hall–Kier alpha value is 0.280. The third-order valence-corrected chi connectivity index (χ3v) is 5.66. The predicted octanol–water partition coefficient (Wildman–Crippen LogP) is 5.96. The summed E-state index contributed by atoms with van der Waals surface area (Å²) < 4.78 is 0.893. The first-order valence-corrected chi connectivity index (χ1v) is 7.70.